The molecule has 17 heavy (non-hydrogen) atoms. The lowest BCUT2D eigenvalue weighted by molar-refractivity contribution is 0.635. The minimum Gasteiger partial charge on any atom is -0.303 e. The topological polar surface area (TPSA) is 61.8 Å². The SMILES string of the molecule is CCn1cc(Cn2c(=O)ccn(C)c2=O)cn1. The van der Waals surface area contributed by atoms with E-state index in [-0.39, 0.29) is 17.8 Å². The maximum absolute atomic E-state index is 11.8. The second kappa shape index (κ2) is 4.40. The van der Waals surface area contributed by atoms with Gasteiger partial charge in [0.1, 0.15) is 0 Å². The molecule has 2 aromatic rings. The second-order valence-electron chi connectivity index (χ2n) is 3.84. The highest BCUT2D eigenvalue weighted by molar-refractivity contribution is 5.05. The van der Waals surface area contributed by atoms with Crippen molar-refractivity contribution < 1.29 is 0 Å². The average molecular weight is 234 g/mol. The van der Waals surface area contributed by atoms with Crippen molar-refractivity contribution in [3.05, 3.63) is 51.1 Å². The molecule has 0 atom stereocenters. The van der Waals surface area contributed by atoms with Gasteiger partial charge in [-0.2, -0.15) is 5.10 Å². The van der Waals surface area contributed by atoms with Crippen molar-refractivity contribution in [3.63, 3.8) is 0 Å². The van der Waals surface area contributed by atoms with Crippen molar-refractivity contribution in [2.45, 2.75) is 20.0 Å². The molecule has 6 heteroatoms. The Kier molecular flexibility index (Phi) is 2.95. The van der Waals surface area contributed by atoms with Crippen molar-refractivity contribution in [2.75, 3.05) is 0 Å². The predicted molar refractivity (Wildman–Crippen MR) is 62.9 cm³/mol. The van der Waals surface area contributed by atoms with E-state index in [1.165, 1.54) is 21.4 Å². The van der Waals surface area contributed by atoms with E-state index >= 15 is 0 Å². The first-order valence-electron chi connectivity index (χ1n) is 5.39. The fraction of sp³-hybridized carbons (Fsp3) is 0.364. The summed E-state index contributed by atoms with van der Waals surface area (Å²) in [7, 11) is 1.62. The van der Waals surface area contributed by atoms with E-state index in [1.54, 1.807) is 17.9 Å². The van der Waals surface area contributed by atoms with Crippen LogP contribution in [0.15, 0.2) is 34.2 Å². The third kappa shape index (κ3) is 2.20. The Morgan fingerprint density at radius 2 is 2.12 bits per heavy atom. The van der Waals surface area contributed by atoms with E-state index in [0.29, 0.717) is 0 Å². The number of hydrogen-bond donors (Lipinski definition) is 0. The molecule has 0 unspecified atom stereocenters. The van der Waals surface area contributed by atoms with Gasteiger partial charge in [-0.3, -0.25) is 14.0 Å². The maximum atomic E-state index is 11.8. The molecule has 2 heterocycles. The lowest BCUT2D eigenvalue weighted by Gasteiger charge is -2.04. The van der Waals surface area contributed by atoms with Gasteiger partial charge < -0.3 is 4.57 Å². The Morgan fingerprint density at radius 3 is 2.76 bits per heavy atom. The first kappa shape index (κ1) is 11.4. The average Bonchev–Trinajstić information content (AvgIpc) is 2.77. The van der Waals surface area contributed by atoms with Crippen LogP contribution in [0.2, 0.25) is 0 Å². The highest BCUT2D eigenvalue weighted by Crippen LogP contribution is 1.98. The summed E-state index contributed by atoms with van der Waals surface area (Å²) in [5.74, 6) is 0. The predicted octanol–water partition coefficient (Wildman–Crippen LogP) is -0.188. The van der Waals surface area contributed by atoms with Crippen molar-refractivity contribution in [2.24, 2.45) is 7.05 Å². The summed E-state index contributed by atoms with van der Waals surface area (Å²) in [4.78, 5) is 23.4. The summed E-state index contributed by atoms with van der Waals surface area (Å²) in [5.41, 5.74) is 0.233. The van der Waals surface area contributed by atoms with E-state index in [0.717, 1.165) is 12.1 Å². The van der Waals surface area contributed by atoms with Gasteiger partial charge in [0.2, 0.25) is 0 Å². The molecule has 0 aromatic carbocycles. The van der Waals surface area contributed by atoms with Crippen molar-refractivity contribution in [3.8, 4) is 0 Å². The third-order valence-electron chi connectivity index (χ3n) is 2.59. The van der Waals surface area contributed by atoms with E-state index in [4.69, 9.17) is 0 Å². The van der Waals surface area contributed by atoms with E-state index in [1.807, 2.05) is 13.1 Å². The largest absolute Gasteiger partial charge is 0.331 e. The van der Waals surface area contributed by atoms with Gasteiger partial charge in [-0.25, -0.2) is 4.79 Å². The smallest absolute Gasteiger partial charge is 0.303 e. The lowest BCUT2D eigenvalue weighted by atomic mass is 10.3. The van der Waals surface area contributed by atoms with Crippen LogP contribution in [-0.4, -0.2) is 18.9 Å². The molecule has 0 saturated heterocycles. The Labute approximate surface area is 97.7 Å². The minimum absolute atomic E-state index is 0.256. The molecule has 0 radical (unpaired) electrons. The van der Waals surface area contributed by atoms with Gasteiger partial charge in [0.25, 0.3) is 5.56 Å². The number of aryl methyl sites for hydroxylation is 2. The fourth-order valence-corrected chi connectivity index (χ4v) is 1.60. The molecule has 0 fully saturated rings. The maximum Gasteiger partial charge on any atom is 0.331 e. The molecule has 0 aliphatic carbocycles. The normalized spacial score (nSPS) is 10.7. The highest BCUT2D eigenvalue weighted by atomic mass is 16.2. The summed E-state index contributed by atoms with van der Waals surface area (Å²) in [5, 5.41) is 4.11. The summed E-state index contributed by atoms with van der Waals surface area (Å²) in [6.45, 7) is 3.00. The number of hydrogen-bond acceptors (Lipinski definition) is 3. The van der Waals surface area contributed by atoms with Gasteiger partial charge in [-0.1, -0.05) is 0 Å². The van der Waals surface area contributed by atoms with Crippen LogP contribution < -0.4 is 11.2 Å². The zero-order valence-corrected chi connectivity index (χ0v) is 9.83. The van der Waals surface area contributed by atoms with E-state index in [9.17, 15) is 9.59 Å². The van der Waals surface area contributed by atoms with Crippen LogP contribution in [0.4, 0.5) is 0 Å². The standard InChI is InChI=1S/C11H14N4O2/c1-3-14-7-9(6-12-14)8-15-10(16)4-5-13(2)11(15)17/h4-7H,3,8H2,1-2H3. The number of nitrogens with zero attached hydrogens (tertiary/aromatic N) is 4. The number of rotatable bonds is 3. The van der Waals surface area contributed by atoms with Crippen LogP contribution in [-0.2, 0) is 20.1 Å². The molecule has 2 rings (SSSR count). The summed E-state index contributed by atoms with van der Waals surface area (Å²) >= 11 is 0. The van der Waals surface area contributed by atoms with Gasteiger partial charge in [0, 0.05) is 37.6 Å². The highest BCUT2D eigenvalue weighted by Gasteiger charge is 2.05. The molecule has 0 aliphatic rings. The Balaban J connectivity index is 2.39. The molecular formula is C11H14N4O2. The first-order valence-corrected chi connectivity index (χ1v) is 5.39. The number of aromatic nitrogens is 4. The lowest BCUT2D eigenvalue weighted by Crippen LogP contribution is -2.38. The molecule has 0 N–H and O–H groups in total. The fourth-order valence-electron chi connectivity index (χ4n) is 1.60. The molecular weight excluding hydrogens is 220 g/mol. The third-order valence-corrected chi connectivity index (χ3v) is 2.59. The Hall–Kier alpha value is -2.11. The monoisotopic (exact) mass is 234 g/mol. The van der Waals surface area contributed by atoms with Crippen LogP contribution in [0.1, 0.15) is 12.5 Å². The van der Waals surface area contributed by atoms with Crippen molar-refractivity contribution >= 4 is 0 Å². The molecule has 90 valence electrons. The molecule has 0 amide bonds. The molecule has 0 aliphatic heterocycles. The first-order chi connectivity index (χ1) is 8.11. The quantitative estimate of drug-likeness (QED) is 0.739. The zero-order chi connectivity index (χ0) is 12.4. The van der Waals surface area contributed by atoms with Gasteiger partial charge in [-0.05, 0) is 6.92 Å². The zero-order valence-electron chi connectivity index (χ0n) is 9.83. The molecule has 0 bridgehead atoms. The molecule has 0 spiro atoms. The summed E-state index contributed by atoms with van der Waals surface area (Å²) < 4.78 is 4.33. The minimum atomic E-state index is -0.318. The van der Waals surface area contributed by atoms with Crippen molar-refractivity contribution in [1.29, 1.82) is 0 Å². The second-order valence-corrected chi connectivity index (χ2v) is 3.84. The summed E-state index contributed by atoms with van der Waals surface area (Å²) in [6, 6.07) is 1.38. The van der Waals surface area contributed by atoms with E-state index < -0.39 is 0 Å². The Morgan fingerprint density at radius 1 is 1.35 bits per heavy atom. The summed E-state index contributed by atoms with van der Waals surface area (Å²) in [6.07, 6.45) is 4.97. The van der Waals surface area contributed by atoms with Crippen LogP contribution in [0, 0.1) is 0 Å². The van der Waals surface area contributed by atoms with E-state index in [2.05, 4.69) is 5.10 Å². The molecule has 2 aromatic heterocycles. The van der Waals surface area contributed by atoms with Gasteiger partial charge >= 0.3 is 5.69 Å². The molecule has 6 nitrogen and oxygen atoms in total. The van der Waals surface area contributed by atoms with Crippen LogP contribution >= 0.6 is 0 Å². The van der Waals surface area contributed by atoms with Crippen LogP contribution in [0.5, 0.6) is 0 Å². The van der Waals surface area contributed by atoms with Crippen molar-refractivity contribution in [1.82, 2.24) is 18.9 Å². The molecule has 0 saturated carbocycles. The van der Waals surface area contributed by atoms with Gasteiger partial charge in [0.15, 0.2) is 0 Å². The van der Waals surface area contributed by atoms with Gasteiger partial charge in [-0.15, -0.1) is 0 Å². The van der Waals surface area contributed by atoms with Crippen LogP contribution in [0.3, 0.4) is 0 Å². The Bertz CT molecular complexity index is 635. The van der Waals surface area contributed by atoms with Gasteiger partial charge in [0.05, 0.1) is 12.7 Å². The van der Waals surface area contributed by atoms with Crippen LogP contribution in [0.25, 0.3) is 0 Å².